The van der Waals surface area contributed by atoms with E-state index in [9.17, 15) is 0 Å². The molecule has 0 saturated heterocycles. The predicted octanol–water partition coefficient (Wildman–Crippen LogP) is 1.36. The summed E-state index contributed by atoms with van der Waals surface area (Å²) in [6.07, 6.45) is 6.68. The number of aromatic amines is 1. The van der Waals surface area contributed by atoms with Crippen LogP contribution in [0.4, 0.5) is 0 Å². The summed E-state index contributed by atoms with van der Waals surface area (Å²) < 4.78 is 0. The van der Waals surface area contributed by atoms with Crippen molar-refractivity contribution in [1.82, 2.24) is 4.98 Å². The van der Waals surface area contributed by atoms with E-state index in [0.717, 1.165) is 23.4 Å². The first-order valence-corrected chi connectivity index (χ1v) is 4.70. The van der Waals surface area contributed by atoms with Crippen LogP contribution in [0, 0.1) is 0 Å². The average molecular weight is 189 g/mol. The zero-order valence-electron chi connectivity index (χ0n) is 8.25. The SMILES string of the molecule is CC1(N)C=C(c2ccc[nH]2)C(N)=CC1. The van der Waals surface area contributed by atoms with E-state index in [0.29, 0.717) is 0 Å². The van der Waals surface area contributed by atoms with Crippen molar-refractivity contribution in [2.45, 2.75) is 18.9 Å². The standard InChI is InChI=1S/C11H15N3/c1-11(13)5-4-9(12)8(7-11)10-3-2-6-14-10/h2-4,6-7,14H,5,12-13H2,1H3. The van der Waals surface area contributed by atoms with Crippen molar-refractivity contribution in [1.29, 1.82) is 0 Å². The van der Waals surface area contributed by atoms with Crippen LogP contribution in [0.5, 0.6) is 0 Å². The Bertz CT molecular complexity index is 383. The molecular formula is C11H15N3. The molecule has 0 spiro atoms. The van der Waals surface area contributed by atoms with Crippen LogP contribution in [-0.2, 0) is 0 Å². The molecular weight excluding hydrogens is 174 g/mol. The normalized spacial score (nSPS) is 27.0. The second-order valence-corrected chi connectivity index (χ2v) is 4.01. The Balaban J connectivity index is 2.42. The van der Waals surface area contributed by atoms with Crippen molar-refractivity contribution in [3.8, 4) is 0 Å². The van der Waals surface area contributed by atoms with Gasteiger partial charge in [0.1, 0.15) is 0 Å². The van der Waals surface area contributed by atoms with Gasteiger partial charge in [0.15, 0.2) is 0 Å². The van der Waals surface area contributed by atoms with Crippen LogP contribution in [0.1, 0.15) is 19.0 Å². The summed E-state index contributed by atoms with van der Waals surface area (Å²) in [5, 5.41) is 0. The van der Waals surface area contributed by atoms with Crippen molar-refractivity contribution in [3.63, 3.8) is 0 Å². The van der Waals surface area contributed by atoms with Gasteiger partial charge in [-0.15, -0.1) is 0 Å². The van der Waals surface area contributed by atoms with Crippen molar-refractivity contribution in [3.05, 3.63) is 41.9 Å². The van der Waals surface area contributed by atoms with Gasteiger partial charge in [-0.2, -0.15) is 0 Å². The Labute approximate surface area is 83.5 Å². The van der Waals surface area contributed by atoms with Gasteiger partial charge in [0.2, 0.25) is 0 Å². The third-order valence-corrected chi connectivity index (χ3v) is 2.43. The molecule has 0 saturated carbocycles. The molecule has 1 aliphatic rings. The highest BCUT2D eigenvalue weighted by Gasteiger charge is 2.21. The molecule has 0 bridgehead atoms. The van der Waals surface area contributed by atoms with Crippen LogP contribution in [-0.4, -0.2) is 10.5 Å². The molecule has 3 nitrogen and oxygen atoms in total. The molecule has 5 N–H and O–H groups in total. The molecule has 0 fully saturated rings. The zero-order valence-corrected chi connectivity index (χ0v) is 8.25. The van der Waals surface area contributed by atoms with E-state index in [1.807, 2.05) is 37.4 Å². The highest BCUT2D eigenvalue weighted by Crippen LogP contribution is 2.27. The van der Waals surface area contributed by atoms with Gasteiger partial charge in [0.05, 0.1) is 0 Å². The molecule has 2 rings (SSSR count). The van der Waals surface area contributed by atoms with Gasteiger partial charge in [-0.1, -0.05) is 12.2 Å². The van der Waals surface area contributed by atoms with E-state index in [1.54, 1.807) is 0 Å². The molecule has 1 unspecified atom stereocenters. The third-order valence-electron chi connectivity index (χ3n) is 2.43. The Morgan fingerprint density at radius 3 is 2.93 bits per heavy atom. The summed E-state index contributed by atoms with van der Waals surface area (Å²) in [6, 6.07) is 3.94. The largest absolute Gasteiger partial charge is 0.398 e. The first-order valence-electron chi connectivity index (χ1n) is 4.70. The van der Waals surface area contributed by atoms with Gasteiger partial charge in [0, 0.05) is 28.7 Å². The smallest absolute Gasteiger partial charge is 0.0472 e. The maximum Gasteiger partial charge on any atom is 0.0472 e. The molecule has 0 amide bonds. The Hall–Kier alpha value is -1.48. The fourth-order valence-electron chi connectivity index (χ4n) is 1.64. The van der Waals surface area contributed by atoms with E-state index in [4.69, 9.17) is 11.5 Å². The van der Waals surface area contributed by atoms with Crippen LogP contribution in [0.25, 0.3) is 5.57 Å². The van der Waals surface area contributed by atoms with Gasteiger partial charge in [-0.25, -0.2) is 0 Å². The molecule has 1 heterocycles. The van der Waals surface area contributed by atoms with E-state index in [-0.39, 0.29) is 5.54 Å². The van der Waals surface area contributed by atoms with Crippen molar-refractivity contribution >= 4 is 5.57 Å². The highest BCUT2D eigenvalue weighted by atomic mass is 14.8. The molecule has 14 heavy (non-hydrogen) atoms. The fourth-order valence-corrected chi connectivity index (χ4v) is 1.64. The zero-order chi connectivity index (χ0) is 10.2. The lowest BCUT2D eigenvalue weighted by Gasteiger charge is -2.25. The lowest BCUT2D eigenvalue weighted by Crippen LogP contribution is -2.35. The molecule has 74 valence electrons. The third kappa shape index (κ3) is 1.59. The first-order chi connectivity index (χ1) is 6.58. The maximum absolute atomic E-state index is 6.05. The first kappa shape index (κ1) is 9.09. The molecule has 1 atom stereocenters. The molecule has 0 aromatic carbocycles. The Morgan fingerprint density at radius 1 is 1.50 bits per heavy atom. The Kier molecular flexibility index (Phi) is 1.97. The van der Waals surface area contributed by atoms with Crippen molar-refractivity contribution in [2.75, 3.05) is 0 Å². The molecule has 0 radical (unpaired) electrons. The quantitative estimate of drug-likeness (QED) is 0.624. The summed E-state index contributed by atoms with van der Waals surface area (Å²) in [4.78, 5) is 3.13. The van der Waals surface area contributed by atoms with Crippen LogP contribution in [0.2, 0.25) is 0 Å². The minimum atomic E-state index is -0.288. The molecule has 3 heteroatoms. The monoisotopic (exact) mass is 189 g/mol. The lowest BCUT2D eigenvalue weighted by molar-refractivity contribution is 0.588. The Morgan fingerprint density at radius 2 is 2.29 bits per heavy atom. The van der Waals surface area contributed by atoms with E-state index >= 15 is 0 Å². The summed E-state index contributed by atoms with van der Waals surface area (Å²) in [7, 11) is 0. The van der Waals surface area contributed by atoms with Crippen LogP contribution >= 0.6 is 0 Å². The summed E-state index contributed by atoms with van der Waals surface area (Å²) in [5.41, 5.74) is 14.5. The van der Waals surface area contributed by atoms with Crippen molar-refractivity contribution in [2.24, 2.45) is 11.5 Å². The molecule has 0 aliphatic heterocycles. The second kappa shape index (κ2) is 3.03. The topological polar surface area (TPSA) is 67.8 Å². The summed E-state index contributed by atoms with van der Waals surface area (Å²) in [6.45, 7) is 2.00. The van der Waals surface area contributed by atoms with E-state index in [2.05, 4.69) is 4.98 Å². The molecule has 1 aliphatic carbocycles. The van der Waals surface area contributed by atoms with Gasteiger partial charge in [-0.05, 0) is 25.5 Å². The van der Waals surface area contributed by atoms with E-state index < -0.39 is 0 Å². The fraction of sp³-hybridized carbons (Fsp3) is 0.273. The summed E-state index contributed by atoms with van der Waals surface area (Å²) in [5.74, 6) is 0. The van der Waals surface area contributed by atoms with E-state index in [1.165, 1.54) is 0 Å². The van der Waals surface area contributed by atoms with Crippen LogP contribution < -0.4 is 11.5 Å². The van der Waals surface area contributed by atoms with Crippen LogP contribution in [0.15, 0.2) is 36.2 Å². The highest BCUT2D eigenvalue weighted by molar-refractivity contribution is 5.78. The van der Waals surface area contributed by atoms with Gasteiger partial charge in [0.25, 0.3) is 0 Å². The summed E-state index contributed by atoms with van der Waals surface area (Å²) >= 11 is 0. The van der Waals surface area contributed by atoms with Crippen LogP contribution in [0.3, 0.4) is 0 Å². The van der Waals surface area contributed by atoms with Crippen molar-refractivity contribution < 1.29 is 0 Å². The number of aromatic nitrogens is 1. The number of allylic oxidation sites excluding steroid dienone is 1. The number of H-pyrrole nitrogens is 1. The molecule has 1 aromatic rings. The number of rotatable bonds is 1. The van der Waals surface area contributed by atoms with Gasteiger partial charge in [-0.3, -0.25) is 0 Å². The average Bonchev–Trinajstić information content (AvgIpc) is 2.62. The number of hydrogen-bond acceptors (Lipinski definition) is 2. The lowest BCUT2D eigenvalue weighted by atomic mass is 9.88. The number of hydrogen-bond donors (Lipinski definition) is 3. The predicted molar refractivity (Wildman–Crippen MR) is 58.2 cm³/mol. The number of nitrogens with one attached hydrogen (secondary N) is 1. The van der Waals surface area contributed by atoms with Gasteiger partial charge >= 0.3 is 0 Å². The second-order valence-electron chi connectivity index (χ2n) is 4.01. The van der Waals surface area contributed by atoms with Gasteiger partial charge < -0.3 is 16.5 Å². The minimum Gasteiger partial charge on any atom is -0.398 e. The number of nitrogens with two attached hydrogens (primary N) is 2. The molecule has 1 aromatic heterocycles. The maximum atomic E-state index is 6.05. The minimum absolute atomic E-state index is 0.288.